The van der Waals surface area contributed by atoms with E-state index >= 15 is 0 Å². The quantitative estimate of drug-likeness (QED) is 0.671. The number of hydrogen-bond acceptors (Lipinski definition) is 1. The minimum Gasteiger partial charge on any atom is -0.327 e. The van der Waals surface area contributed by atoms with Crippen molar-refractivity contribution in [2.24, 2.45) is 29.4 Å². The second-order valence-electron chi connectivity index (χ2n) is 5.20. The van der Waals surface area contributed by atoms with Gasteiger partial charge in [0.1, 0.15) is 0 Å². The molecule has 2 N–H and O–H groups in total. The molecule has 2 saturated carbocycles. The number of fused-ring (bicyclic) bond motifs is 2. The molecule has 0 radical (unpaired) electrons. The summed E-state index contributed by atoms with van der Waals surface area (Å²) in [5.74, 6) is 3.58. The summed E-state index contributed by atoms with van der Waals surface area (Å²) in [6.45, 7) is 4.64. The largest absolute Gasteiger partial charge is 0.327 e. The van der Waals surface area contributed by atoms with Crippen molar-refractivity contribution in [2.75, 3.05) is 0 Å². The van der Waals surface area contributed by atoms with E-state index in [1.807, 2.05) is 0 Å². The van der Waals surface area contributed by atoms with E-state index in [1.54, 1.807) is 0 Å². The fourth-order valence-corrected chi connectivity index (χ4v) is 3.35. The van der Waals surface area contributed by atoms with Gasteiger partial charge in [0, 0.05) is 6.04 Å². The maximum Gasteiger partial charge on any atom is 0.00984 e. The van der Waals surface area contributed by atoms with Gasteiger partial charge >= 0.3 is 0 Å². The van der Waals surface area contributed by atoms with Crippen molar-refractivity contribution in [2.45, 2.75) is 45.6 Å². The van der Waals surface area contributed by atoms with Gasteiger partial charge in [0.25, 0.3) is 0 Å². The molecule has 0 amide bonds. The van der Waals surface area contributed by atoms with Crippen LogP contribution in [0.2, 0.25) is 0 Å². The highest BCUT2D eigenvalue weighted by atomic mass is 14.7. The summed E-state index contributed by atoms with van der Waals surface area (Å²) in [5.41, 5.74) is 6.21. The van der Waals surface area contributed by atoms with Crippen LogP contribution in [0.15, 0.2) is 0 Å². The first-order valence-corrected chi connectivity index (χ1v) is 5.44. The molecule has 0 aliphatic heterocycles. The van der Waals surface area contributed by atoms with Crippen molar-refractivity contribution >= 4 is 0 Å². The van der Waals surface area contributed by atoms with Crippen LogP contribution in [0, 0.1) is 23.7 Å². The van der Waals surface area contributed by atoms with Gasteiger partial charge in [-0.05, 0) is 49.4 Å². The fourth-order valence-electron chi connectivity index (χ4n) is 3.35. The summed E-state index contributed by atoms with van der Waals surface area (Å²) in [6, 6.07) is 0.547. The highest BCUT2D eigenvalue weighted by molar-refractivity contribution is 4.98. The highest BCUT2D eigenvalue weighted by Crippen LogP contribution is 2.49. The SMILES string of the molecule is CC(C)CC1C2CCC(C2)C1N. The van der Waals surface area contributed by atoms with Gasteiger partial charge in [-0.2, -0.15) is 0 Å². The highest BCUT2D eigenvalue weighted by Gasteiger charge is 2.45. The van der Waals surface area contributed by atoms with Crippen LogP contribution in [0.5, 0.6) is 0 Å². The van der Waals surface area contributed by atoms with Crippen LogP contribution < -0.4 is 5.73 Å². The monoisotopic (exact) mass is 167 g/mol. The minimum absolute atomic E-state index is 0.547. The Balaban J connectivity index is 1.98. The van der Waals surface area contributed by atoms with Crippen molar-refractivity contribution in [3.8, 4) is 0 Å². The van der Waals surface area contributed by atoms with Crippen LogP contribution in [0.3, 0.4) is 0 Å². The molecule has 70 valence electrons. The Hall–Kier alpha value is -0.0400. The summed E-state index contributed by atoms with van der Waals surface area (Å²) < 4.78 is 0. The van der Waals surface area contributed by atoms with Gasteiger partial charge in [-0.15, -0.1) is 0 Å². The lowest BCUT2D eigenvalue weighted by molar-refractivity contribution is 0.248. The molecule has 12 heavy (non-hydrogen) atoms. The lowest BCUT2D eigenvalue weighted by Crippen LogP contribution is -2.36. The van der Waals surface area contributed by atoms with Crippen molar-refractivity contribution < 1.29 is 0 Å². The van der Waals surface area contributed by atoms with Gasteiger partial charge < -0.3 is 5.73 Å². The second kappa shape index (κ2) is 3.02. The maximum atomic E-state index is 6.21. The van der Waals surface area contributed by atoms with E-state index in [4.69, 9.17) is 5.73 Å². The van der Waals surface area contributed by atoms with Crippen LogP contribution in [0.1, 0.15) is 39.5 Å². The molecule has 0 aromatic carbocycles. The molecular formula is C11H21N. The maximum absolute atomic E-state index is 6.21. The molecule has 0 aromatic rings. The van der Waals surface area contributed by atoms with Crippen LogP contribution in [0.25, 0.3) is 0 Å². The van der Waals surface area contributed by atoms with E-state index in [-0.39, 0.29) is 0 Å². The lowest BCUT2D eigenvalue weighted by atomic mass is 9.80. The van der Waals surface area contributed by atoms with E-state index in [0.29, 0.717) is 6.04 Å². The molecule has 0 heterocycles. The van der Waals surface area contributed by atoms with E-state index < -0.39 is 0 Å². The number of nitrogens with two attached hydrogens (primary N) is 1. The predicted molar refractivity (Wildman–Crippen MR) is 51.8 cm³/mol. The Morgan fingerprint density at radius 3 is 2.42 bits per heavy atom. The molecule has 1 heteroatoms. The van der Waals surface area contributed by atoms with Crippen molar-refractivity contribution in [1.29, 1.82) is 0 Å². The Labute approximate surface area is 75.7 Å². The molecule has 2 rings (SSSR count). The summed E-state index contributed by atoms with van der Waals surface area (Å²) >= 11 is 0. The first kappa shape index (κ1) is 8.55. The standard InChI is InChI=1S/C11H21N/c1-7(2)5-10-8-3-4-9(6-8)11(10)12/h7-11H,3-6,12H2,1-2H3. The number of hydrogen-bond donors (Lipinski definition) is 1. The molecule has 0 saturated heterocycles. The smallest absolute Gasteiger partial charge is 0.00984 e. The van der Waals surface area contributed by atoms with Gasteiger partial charge in [-0.3, -0.25) is 0 Å². The molecule has 0 spiro atoms. The van der Waals surface area contributed by atoms with E-state index in [0.717, 1.165) is 23.7 Å². The third-order valence-corrected chi connectivity index (χ3v) is 3.90. The molecule has 0 aromatic heterocycles. The zero-order valence-electron chi connectivity index (χ0n) is 8.29. The normalized spacial score (nSPS) is 46.0. The second-order valence-corrected chi connectivity index (χ2v) is 5.20. The van der Waals surface area contributed by atoms with Crippen molar-refractivity contribution in [1.82, 2.24) is 0 Å². The van der Waals surface area contributed by atoms with Gasteiger partial charge in [0.05, 0.1) is 0 Å². The molecule has 4 atom stereocenters. The number of rotatable bonds is 2. The predicted octanol–water partition coefficient (Wildman–Crippen LogP) is 2.41. The van der Waals surface area contributed by atoms with Crippen LogP contribution in [0.4, 0.5) is 0 Å². The van der Waals surface area contributed by atoms with E-state index in [1.165, 1.54) is 25.7 Å². The summed E-state index contributed by atoms with van der Waals surface area (Å²) in [4.78, 5) is 0. The van der Waals surface area contributed by atoms with Gasteiger partial charge in [-0.25, -0.2) is 0 Å². The van der Waals surface area contributed by atoms with Gasteiger partial charge in [-0.1, -0.05) is 13.8 Å². The Bertz CT molecular complexity index is 162. The van der Waals surface area contributed by atoms with E-state index in [9.17, 15) is 0 Å². The molecule has 1 nitrogen and oxygen atoms in total. The Morgan fingerprint density at radius 1 is 1.25 bits per heavy atom. The Morgan fingerprint density at radius 2 is 1.92 bits per heavy atom. The van der Waals surface area contributed by atoms with Crippen molar-refractivity contribution in [3.05, 3.63) is 0 Å². The fraction of sp³-hybridized carbons (Fsp3) is 1.00. The minimum atomic E-state index is 0.547. The Kier molecular flexibility index (Phi) is 2.16. The molecule has 2 bridgehead atoms. The average molecular weight is 167 g/mol. The van der Waals surface area contributed by atoms with Gasteiger partial charge in [0.2, 0.25) is 0 Å². The first-order valence-electron chi connectivity index (χ1n) is 5.44. The lowest BCUT2D eigenvalue weighted by Gasteiger charge is -2.29. The average Bonchev–Trinajstić information content (AvgIpc) is 2.53. The summed E-state index contributed by atoms with van der Waals surface area (Å²) in [5, 5.41) is 0. The molecule has 4 unspecified atom stereocenters. The zero-order chi connectivity index (χ0) is 8.72. The zero-order valence-corrected chi connectivity index (χ0v) is 8.29. The first-order chi connectivity index (χ1) is 5.68. The third kappa shape index (κ3) is 1.28. The molecule has 2 fully saturated rings. The third-order valence-electron chi connectivity index (χ3n) is 3.90. The topological polar surface area (TPSA) is 26.0 Å². The van der Waals surface area contributed by atoms with Crippen LogP contribution >= 0.6 is 0 Å². The summed E-state index contributed by atoms with van der Waals surface area (Å²) in [6.07, 6.45) is 5.69. The van der Waals surface area contributed by atoms with Gasteiger partial charge in [0.15, 0.2) is 0 Å². The van der Waals surface area contributed by atoms with E-state index in [2.05, 4.69) is 13.8 Å². The van der Waals surface area contributed by atoms with Crippen LogP contribution in [-0.4, -0.2) is 6.04 Å². The van der Waals surface area contributed by atoms with Crippen LogP contribution in [-0.2, 0) is 0 Å². The van der Waals surface area contributed by atoms with Crippen molar-refractivity contribution in [3.63, 3.8) is 0 Å². The molecular weight excluding hydrogens is 146 g/mol. The molecule has 2 aliphatic carbocycles. The molecule has 2 aliphatic rings. The summed E-state index contributed by atoms with van der Waals surface area (Å²) in [7, 11) is 0.